The van der Waals surface area contributed by atoms with E-state index in [0.717, 1.165) is 11.8 Å². The minimum Gasteiger partial charge on any atom is -0.478 e. The summed E-state index contributed by atoms with van der Waals surface area (Å²) in [5.41, 5.74) is -1.59. The number of carboxylic acid groups (broad SMARTS) is 2. The van der Waals surface area contributed by atoms with Gasteiger partial charge < -0.3 is 28.5 Å². The highest BCUT2D eigenvalue weighted by atomic mass is 32.2. The Kier molecular flexibility index (Phi) is 7.19. The number of rotatable bonds is 6. The number of ether oxygens (including phenoxy) is 2. The molecule has 2 unspecified atom stereocenters. The number of carbonyl (C=O) groups is 6. The van der Waals surface area contributed by atoms with Gasteiger partial charge in [0.25, 0.3) is 0 Å². The number of carbonyl (C=O) groups excluding carboxylic acids is 4. The lowest BCUT2D eigenvalue weighted by Gasteiger charge is -2.10. The zero-order valence-electron chi connectivity index (χ0n) is 19.0. The summed E-state index contributed by atoms with van der Waals surface area (Å²) in [6, 6.07) is 0. The van der Waals surface area contributed by atoms with Crippen molar-refractivity contribution in [1.29, 1.82) is 0 Å². The number of carboxylic acids is 2. The van der Waals surface area contributed by atoms with Gasteiger partial charge in [-0.1, -0.05) is 0 Å². The third-order valence-electron chi connectivity index (χ3n) is 5.29. The maximum atomic E-state index is 12.5. The number of furan rings is 2. The van der Waals surface area contributed by atoms with Gasteiger partial charge in [-0.15, -0.1) is 11.8 Å². The van der Waals surface area contributed by atoms with Crippen molar-refractivity contribution < 1.29 is 57.3 Å². The molecule has 12 nitrogen and oxygen atoms in total. The molecule has 186 valence electrons. The van der Waals surface area contributed by atoms with Gasteiger partial charge in [-0.2, -0.15) is 0 Å². The zero-order valence-corrected chi connectivity index (χ0v) is 19.8. The van der Waals surface area contributed by atoms with Crippen molar-refractivity contribution in [1.82, 2.24) is 0 Å². The van der Waals surface area contributed by atoms with Gasteiger partial charge in [0.2, 0.25) is 0 Å². The molecule has 0 spiro atoms. The van der Waals surface area contributed by atoms with Crippen LogP contribution in [-0.2, 0) is 19.1 Å². The quantitative estimate of drug-likeness (QED) is 0.428. The van der Waals surface area contributed by atoms with Gasteiger partial charge in [0.15, 0.2) is 0 Å². The van der Waals surface area contributed by atoms with Crippen LogP contribution >= 0.6 is 11.8 Å². The Bertz CT molecular complexity index is 1170. The average Bonchev–Trinajstić information content (AvgIpc) is 3.42. The van der Waals surface area contributed by atoms with Crippen LogP contribution in [0.15, 0.2) is 8.83 Å². The molecule has 0 saturated carbocycles. The topological polar surface area (TPSA) is 188 Å². The summed E-state index contributed by atoms with van der Waals surface area (Å²) in [7, 11) is 0. The molecule has 0 aliphatic carbocycles. The fourth-order valence-electron chi connectivity index (χ4n) is 3.77. The molecule has 2 aromatic rings. The van der Waals surface area contributed by atoms with Gasteiger partial charge in [0.05, 0.1) is 0 Å². The summed E-state index contributed by atoms with van der Waals surface area (Å²) in [6.45, 7) is 5.41. The van der Waals surface area contributed by atoms with Gasteiger partial charge in [-0.3, -0.25) is 9.59 Å². The highest BCUT2D eigenvalue weighted by Gasteiger charge is 2.40. The predicted molar refractivity (Wildman–Crippen MR) is 116 cm³/mol. The molecule has 2 atom stereocenters. The van der Waals surface area contributed by atoms with Crippen LogP contribution < -0.4 is 0 Å². The van der Waals surface area contributed by atoms with Crippen LogP contribution in [0.3, 0.4) is 0 Å². The first-order chi connectivity index (χ1) is 16.3. The van der Waals surface area contributed by atoms with Crippen molar-refractivity contribution in [2.75, 3.05) is 0 Å². The Morgan fingerprint density at radius 3 is 1.29 bits per heavy atom. The molecule has 0 aromatic carbocycles. The summed E-state index contributed by atoms with van der Waals surface area (Å²) >= 11 is 0.808. The number of aromatic carboxylic acids is 2. The van der Waals surface area contributed by atoms with E-state index in [4.69, 9.17) is 18.3 Å². The molecule has 3 rings (SSSR count). The number of aryl methyl sites for hydroxylation is 4. The first-order valence-electron chi connectivity index (χ1n) is 10.2. The van der Waals surface area contributed by atoms with Gasteiger partial charge in [-0.25, -0.2) is 19.2 Å². The lowest BCUT2D eigenvalue weighted by atomic mass is 10.1. The van der Waals surface area contributed by atoms with E-state index in [9.17, 15) is 39.0 Å². The molecule has 35 heavy (non-hydrogen) atoms. The molecule has 0 amide bonds. The highest BCUT2D eigenvalue weighted by Crippen LogP contribution is 2.36. The zero-order chi connectivity index (χ0) is 26.2. The lowest BCUT2D eigenvalue weighted by Crippen LogP contribution is -2.25. The minimum absolute atomic E-state index is 0.0220. The van der Waals surface area contributed by atoms with Crippen molar-refractivity contribution in [2.24, 2.45) is 0 Å². The van der Waals surface area contributed by atoms with E-state index >= 15 is 0 Å². The number of hydrogen-bond acceptors (Lipinski definition) is 11. The fourth-order valence-corrected chi connectivity index (χ4v) is 5.03. The Morgan fingerprint density at radius 1 is 0.657 bits per heavy atom. The van der Waals surface area contributed by atoms with Crippen molar-refractivity contribution in [3.8, 4) is 0 Å². The Morgan fingerprint density at radius 2 is 0.971 bits per heavy atom. The van der Waals surface area contributed by atoms with E-state index < -0.39 is 57.4 Å². The highest BCUT2D eigenvalue weighted by molar-refractivity contribution is 8.02. The molecular weight excluding hydrogens is 488 g/mol. The molecule has 3 heterocycles. The average molecular weight is 508 g/mol. The summed E-state index contributed by atoms with van der Waals surface area (Å²) in [6.07, 6.45) is 0.230. The molecule has 0 bridgehead atoms. The van der Waals surface area contributed by atoms with Gasteiger partial charge in [0, 0.05) is 0 Å². The second kappa shape index (κ2) is 9.78. The Balaban J connectivity index is 1.65. The summed E-state index contributed by atoms with van der Waals surface area (Å²) in [5.74, 6) is -7.32. The van der Waals surface area contributed by atoms with Crippen LogP contribution in [0, 0.1) is 27.7 Å². The molecule has 0 radical (unpaired) electrons. The first-order valence-corrected chi connectivity index (χ1v) is 11.1. The van der Waals surface area contributed by atoms with Crippen LogP contribution in [0.4, 0.5) is 0 Å². The molecule has 1 aliphatic heterocycles. The molecular formula is C22H20O12S. The van der Waals surface area contributed by atoms with Crippen LogP contribution in [0.5, 0.6) is 0 Å². The van der Waals surface area contributed by atoms with Crippen molar-refractivity contribution in [3.05, 3.63) is 45.3 Å². The third kappa shape index (κ3) is 4.99. The van der Waals surface area contributed by atoms with E-state index in [2.05, 4.69) is 0 Å². The maximum absolute atomic E-state index is 12.5. The monoisotopic (exact) mass is 508 g/mol. The standard InChI is InChI=1S/C22H20O12S/c1-7-13(17(23)24)15(9(3)31-7)21(29)33-19(27)11-5-6-12(35-11)20(28)34-22(30)16-10(4)32-8(2)14(16)18(25)26/h11-12H,5-6H2,1-4H3,(H,23,24)(H,25,26). The molecule has 2 aromatic heterocycles. The lowest BCUT2D eigenvalue weighted by molar-refractivity contribution is -0.138. The fraction of sp³-hybridized carbons (Fsp3) is 0.364. The molecule has 1 aliphatic rings. The Hall–Kier alpha value is -3.87. The number of esters is 4. The second-order valence-electron chi connectivity index (χ2n) is 7.65. The largest absolute Gasteiger partial charge is 0.478 e. The summed E-state index contributed by atoms with van der Waals surface area (Å²) in [5, 5.41) is 16.7. The van der Waals surface area contributed by atoms with E-state index in [1.807, 2.05) is 0 Å². The summed E-state index contributed by atoms with van der Waals surface area (Å²) < 4.78 is 20.0. The molecule has 2 N–H and O–H groups in total. The number of thioether (sulfide) groups is 1. The van der Waals surface area contributed by atoms with Gasteiger partial charge in [-0.05, 0) is 40.5 Å². The van der Waals surface area contributed by atoms with Crippen molar-refractivity contribution in [3.63, 3.8) is 0 Å². The Labute approximate surface area is 201 Å². The molecule has 13 heteroatoms. The van der Waals surface area contributed by atoms with Gasteiger partial charge in [0.1, 0.15) is 55.8 Å². The van der Waals surface area contributed by atoms with Crippen LogP contribution in [0.2, 0.25) is 0 Å². The SMILES string of the molecule is Cc1oc(C)c(C(=O)OC(=O)C2CCC(C(=O)OC(=O)c3c(C)oc(C)c3C(=O)O)S2)c1C(=O)O. The van der Waals surface area contributed by atoms with Crippen LogP contribution in [-0.4, -0.2) is 56.5 Å². The predicted octanol–water partition coefficient (Wildman–Crippen LogP) is 2.83. The van der Waals surface area contributed by atoms with Crippen molar-refractivity contribution >= 4 is 47.6 Å². The minimum atomic E-state index is -1.42. The van der Waals surface area contributed by atoms with E-state index in [-0.39, 0.29) is 47.0 Å². The normalized spacial score (nSPS) is 17.1. The van der Waals surface area contributed by atoms with Gasteiger partial charge >= 0.3 is 35.8 Å². The number of hydrogen-bond donors (Lipinski definition) is 2. The van der Waals surface area contributed by atoms with E-state index in [1.54, 1.807) is 0 Å². The van der Waals surface area contributed by atoms with Crippen LogP contribution in [0.1, 0.15) is 77.3 Å². The van der Waals surface area contributed by atoms with Crippen molar-refractivity contribution in [2.45, 2.75) is 51.0 Å². The summed E-state index contributed by atoms with van der Waals surface area (Å²) in [4.78, 5) is 72.7. The molecule has 1 saturated heterocycles. The van der Waals surface area contributed by atoms with E-state index in [1.165, 1.54) is 27.7 Å². The van der Waals surface area contributed by atoms with Crippen LogP contribution in [0.25, 0.3) is 0 Å². The third-order valence-corrected chi connectivity index (χ3v) is 6.80. The smallest absolute Gasteiger partial charge is 0.350 e. The first kappa shape index (κ1) is 25.7. The second-order valence-corrected chi connectivity index (χ2v) is 9.06. The maximum Gasteiger partial charge on any atom is 0.350 e. The van der Waals surface area contributed by atoms with E-state index in [0.29, 0.717) is 0 Å². The molecule has 1 fully saturated rings.